The maximum absolute atomic E-state index is 12.6. The first kappa shape index (κ1) is 43.8. The fourth-order valence-electron chi connectivity index (χ4n) is 5.12. The number of quaternary nitrogens is 1. The molecule has 1 N–H and O–H groups in total. The third-order valence-corrected chi connectivity index (χ3v) is 8.07. The fraction of sp³-hybridized carbons (Fsp3) is 0.816. The molecule has 46 heavy (non-hydrogen) atoms. The van der Waals surface area contributed by atoms with Crippen LogP contribution in [0.4, 0.5) is 0 Å². The number of aliphatic carboxylic acids is 1. The van der Waals surface area contributed by atoms with Crippen molar-refractivity contribution >= 4 is 17.9 Å². The SMILES string of the molecule is CCCC/C=C/CCCCCCC(=O)OCC(COCCC(C(=O)O)[N+](C)(C)C)OC(=O)CCCCCCC/C=C/CCCCC. The average molecular weight is 653 g/mol. The van der Waals surface area contributed by atoms with Gasteiger partial charge in [-0.2, -0.15) is 0 Å². The summed E-state index contributed by atoms with van der Waals surface area (Å²) in [5.41, 5.74) is 0. The molecule has 0 fully saturated rings. The Hall–Kier alpha value is -2.19. The van der Waals surface area contributed by atoms with Gasteiger partial charge in [0.1, 0.15) is 6.61 Å². The molecule has 0 aromatic rings. The predicted octanol–water partition coefficient (Wildman–Crippen LogP) is 8.96. The molecule has 8 nitrogen and oxygen atoms in total. The third-order valence-electron chi connectivity index (χ3n) is 8.07. The van der Waals surface area contributed by atoms with Crippen LogP contribution in [0, 0.1) is 0 Å². The minimum Gasteiger partial charge on any atom is -0.477 e. The zero-order valence-corrected chi connectivity index (χ0v) is 30.3. The van der Waals surface area contributed by atoms with Gasteiger partial charge in [0.2, 0.25) is 0 Å². The number of hydrogen-bond donors (Lipinski definition) is 1. The van der Waals surface area contributed by atoms with Crippen molar-refractivity contribution in [2.45, 2.75) is 161 Å². The quantitative estimate of drug-likeness (QED) is 0.0335. The Balaban J connectivity index is 4.48. The Morgan fingerprint density at radius 3 is 1.63 bits per heavy atom. The van der Waals surface area contributed by atoms with Gasteiger partial charge in [-0.15, -0.1) is 0 Å². The van der Waals surface area contributed by atoms with Crippen LogP contribution in [-0.2, 0) is 28.6 Å². The standard InChI is InChI=1S/C38H69NO7/c1-6-8-10-12-14-16-18-19-21-23-25-27-29-37(41)46-34(32-44-31-30-35(38(42)43)39(3,4)5)33-45-36(40)28-26-24-22-20-17-15-13-11-9-7-2/h13-16,34-35H,6-12,17-33H2,1-5H3/p+1/b15-13+,16-14+. The summed E-state index contributed by atoms with van der Waals surface area (Å²) in [7, 11) is 5.50. The lowest BCUT2D eigenvalue weighted by Gasteiger charge is -2.31. The highest BCUT2D eigenvalue weighted by atomic mass is 16.6. The van der Waals surface area contributed by atoms with Crippen LogP contribution < -0.4 is 0 Å². The summed E-state index contributed by atoms with van der Waals surface area (Å²) in [4.78, 5) is 36.6. The highest BCUT2D eigenvalue weighted by Gasteiger charge is 2.31. The number of likely N-dealkylation sites (N-methyl/N-ethyl adjacent to an activating group) is 1. The van der Waals surface area contributed by atoms with Gasteiger partial charge in [-0.1, -0.05) is 95.9 Å². The second-order valence-electron chi connectivity index (χ2n) is 13.5. The molecule has 2 unspecified atom stereocenters. The van der Waals surface area contributed by atoms with Crippen molar-refractivity contribution in [1.29, 1.82) is 0 Å². The topological polar surface area (TPSA) is 99.1 Å². The van der Waals surface area contributed by atoms with Crippen molar-refractivity contribution < 1.29 is 38.2 Å². The average Bonchev–Trinajstić information content (AvgIpc) is 3.00. The van der Waals surface area contributed by atoms with Gasteiger partial charge in [-0.05, 0) is 57.8 Å². The molecule has 0 aliphatic carbocycles. The van der Waals surface area contributed by atoms with Gasteiger partial charge in [-0.3, -0.25) is 9.59 Å². The molecule has 0 amide bonds. The number of carboxylic acid groups (broad SMARTS) is 1. The number of hydrogen-bond acceptors (Lipinski definition) is 6. The zero-order chi connectivity index (χ0) is 34.3. The van der Waals surface area contributed by atoms with Crippen LogP contribution in [0.3, 0.4) is 0 Å². The lowest BCUT2D eigenvalue weighted by Crippen LogP contribution is -2.50. The molecule has 2 atom stereocenters. The van der Waals surface area contributed by atoms with Crippen LogP contribution in [0.2, 0.25) is 0 Å². The lowest BCUT2D eigenvalue weighted by atomic mass is 10.1. The van der Waals surface area contributed by atoms with Crippen LogP contribution >= 0.6 is 0 Å². The summed E-state index contributed by atoms with van der Waals surface area (Å²) in [6, 6.07) is -0.613. The van der Waals surface area contributed by atoms with E-state index in [1.807, 2.05) is 21.1 Å². The highest BCUT2D eigenvalue weighted by molar-refractivity contribution is 5.72. The third kappa shape index (κ3) is 28.1. The lowest BCUT2D eigenvalue weighted by molar-refractivity contribution is -0.887. The monoisotopic (exact) mass is 653 g/mol. The van der Waals surface area contributed by atoms with E-state index in [2.05, 4.69) is 38.2 Å². The summed E-state index contributed by atoms with van der Waals surface area (Å²) < 4.78 is 17.1. The number of carbonyl (C=O) groups excluding carboxylic acids is 2. The van der Waals surface area contributed by atoms with E-state index in [1.165, 1.54) is 44.9 Å². The van der Waals surface area contributed by atoms with Gasteiger partial charge in [-0.25, -0.2) is 4.79 Å². The minimum atomic E-state index is -0.879. The Kier molecular flexibility index (Phi) is 28.7. The van der Waals surface area contributed by atoms with Crippen LogP contribution in [0.1, 0.15) is 149 Å². The van der Waals surface area contributed by atoms with Crippen molar-refractivity contribution in [3.63, 3.8) is 0 Å². The van der Waals surface area contributed by atoms with Gasteiger partial charge in [0.05, 0.1) is 34.4 Å². The van der Waals surface area contributed by atoms with Crippen molar-refractivity contribution in [3.8, 4) is 0 Å². The largest absolute Gasteiger partial charge is 0.477 e. The van der Waals surface area contributed by atoms with Crippen LogP contribution in [0.5, 0.6) is 0 Å². The molecule has 0 aromatic carbocycles. The number of allylic oxidation sites excluding steroid dienone is 4. The molecule has 0 saturated heterocycles. The van der Waals surface area contributed by atoms with Gasteiger partial charge in [0.15, 0.2) is 12.1 Å². The molecule has 0 saturated carbocycles. The fourth-order valence-corrected chi connectivity index (χ4v) is 5.12. The molecular formula is C38H70NO7+. The van der Waals surface area contributed by atoms with Crippen molar-refractivity contribution in [2.75, 3.05) is 41.0 Å². The number of ether oxygens (including phenoxy) is 3. The maximum atomic E-state index is 12.6. The smallest absolute Gasteiger partial charge is 0.362 e. The van der Waals surface area contributed by atoms with Gasteiger partial charge < -0.3 is 23.8 Å². The van der Waals surface area contributed by atoms with Gasteiger partial charge in [0, 0.05) is 19.3 Å². The Morgan fingerprint density at radius 2 is 1.11 bits per heavy atom. The number of carboxylic acids is 1. The first-order valence-electron chi connectivity index (χ1n) is 18.4. The summed E-state index contributed by atoms with van der Waals surface area (Å²) in [6.45, 7) is 4.62. The molecule has 0 heterocycles. The Morgan fingerprint density at radius 1 is 0.630 bits per heavy atom. The normalized spacial score (nSPS) is 13.3. The van der Waals surface area contributed by atoms with E-state index in [9.17, 15) is 19.5 Å². The van der Waals surface area contributed by atoms with Crippen LogP contribution in [0.15, 0.2) is 24.3 Å². The molecule has 268 valence electrons. The summed E-state index contributed by atoms with van der Waals surface area (Å²) in [5.74, 6) is -1.50. The van der Waals surface area contributed by atoms with Gasteiger partial charge in [0.25, 0.3) is 0 Å². The predicted molar refractivity (Wildman–Crippen MR) is 188 cm³/mol. The number of esters is 2. The first-order valence-corrected chi connectivity index (χ1v) is 18.4. The Labute approximate surface area is 281 Å². The van der Waals surface area contributed by atoms with E-state index in [-0.39, 0.29) is 36.2 Å². The van der Waals surface area contributed by atoms with E-state index in [0.717, 1.165) is 70.6 Å². The first-order chi connectivity index (χ1) is 22.1. The molecular weight excluding hydrogens is 582 g/mol. The number of carbonyl (C=O) groups is 3. The summed E-state index contributed by atoms with van der Waals surface area (Å²) in [6.07, 6.45) is 29.3. The minimum absolute atomic E-state index is 0.0558. The van der Waals surface area contributed by atoms with E-state index in [4.69, 9.17) is 14.2 Å². The van der Waals surface area contributed by atoms with Crippen molar-refractivity contribution in [2.24, 2.45) is 0 Å². The second-order valence-corrected chi connectivity index (χ2v) is 13.5. The summed E-state index contributed by atoms with van der Waals surface area (Å²) in [5, 5.41) is 9.56. The van der Waals surface area contributed by atoms with Crippen LogP contribution in [-0.4, -0.2) is 80.6 Å². The molecule has 0 radical (unpaired) electrons. The van der Waals surface area contributed by atoms with Crippen molar-refractivity contribution in [3.05, 3.63) is 24.3 Å². The maximum Gasteiger partial charge on any atom is 0.362 e. The van der Waals surface area contributed by atoms with E-state index >= 15 is 0 Å². The molecule has 0 rings (SSSR count). The summed E-state index contributed by atoms with van der Waals surface area (Å²) >= 11 is 0. The molecule has 8 heteroatoms. The Bertz CT molecular complexity index is 818. The van der Waals surface area contributed by atoms with E-state index in [0.29, 0.717) is 19.3 Å². The van der Waals surface area contributed by atoms with Crippen molar-refractivity contribution in [1.82, 2.24) is 0 Å². The molecule has 0 spiro atoms. The van der Waals surface area contributed by atoms with E-state index in [1.54, 1.807) is 0 Å². The second kappa shape index (κ2) is 30.2. The molecule has 0 bridgehead atoms. The van der Waals surface area contributed by atoms with Gasteiger partial charge >= 0.3 is 17.9 Å². The van der Waals surface area contributed by atoms with E-state index < -0.39 is 18.1 Å². The van der Waals surface area contributed by atoms with Crippen LogP contribution in [0.25, 0.3) is 0 Å². The molecule has 0 aromatic heterocycles. The highest BCUT2D eigenvalue weighted by Crippen LogP contribution is 2.12. The zero-order valence-electron chi connectivity index (χ0n) is 30.3. The number of rotatable bonds is 32. The number of unbranched alkanes of at least 4 members (excludes halogenated alkanes) is 14. The number of nitrogens with zero attached hydrogens (tertiary/aromatic N) is 1. The molecule has 0 aliphatic rings. The molecule has 0 aliphatic heterocycles.